The predicted octanol–water partition coefficient (Wildman–Crippen LogP) is 2.33. The summed E-state index contributed by atoms with van der Waals surface area (Å²) in [6.45, 7) is 0.264. The van der Waals surface area contributed by atoms with E-state index in [1.54, 1.807) is 42.6 Å². The summed E-state index contributed by atoms with van der Waals surface area (Å²) >= 11 is 0. The molecule has 1 amide bonds. The van der Waals surface area contributed by atoms with Crippen molar-refractivity contribution in [2.75, 3.05) is 13.2 Å². The molecule has 1 saturated heterocycles. The quantitative estimate of drug-likeness (QED) is 0.867. The molecular weight excluding hydrogens is 324 g/mol. The lowest BCUT2D eigenvalue weighted by Gasteiger charge is -2.21. The highest BCUT2D eigenvalue weighted by Crippen LogP contribution is 2.23. The number of pyridine rings is 1. The van der Waals surface area contributed by atoms with Gasteiger partial charge in [-0.15, -0.1) is 0 Å². The molecule has 1 atom stereocenters. The number of carboxylic acids is 1. The van der Waals surface area contributed by atoms with Crippen LogP contribution in [0.4, 0.5) is 0 Å². The molecule has 2 aromatic rings. The van der Waals surface area contributed by atoms with Gasteiger partial charge in [0, 0.05) is 18.8 Å². The molecule has 1 aliphatic heterocycles. The van der Waals surface area contributed by atoms with Crippen molar-refractivity contribution in [2.24, 2.45) is 0 Å². The summed E-state index contributed by atoms with van der Waals surface area (Å²) in [4.78, 5) is 28.7. The number of carbonyl (C=O) groups is 2. The summed E-state index contributed by atoms with van der Waals surface area (Å²) in [7, 11) is 0. The second-order valence-electron chi connectivity index (χ2n) is 5.61. The van der Waals surface area contributed by atoms with Crippen molar-refractivity contribution in [3.05, 3.63) is 48.7 Å². The Labute approximate surface area is 144 Å². The normalized spacial score (nSPS) is 16.5. The van der Waals surface area contributed by atoms with Crippen molar-refractivity contribution in [1.29, 1.82) is 0 Å². The minimum absolute atomic E-state index is 0.190. The molecule has 0 aliphatic carbocycles. The summed E-state index contributed by atoms with van der Waals surface area (Å²) in [6, 6.07) is 11.4. The maximum atomic E-state index is 12.1. The van der Waals surface area contributed by atoms with Crippen LogP contribution < -0.4 is 9.47 Å². The molecule has 1 aromatic heterocycles. The smallest absolute Gasteiger partial charge is 0.326 e. The molecule has 1 aromatic carbocycles. The fourth-order valence-electron chi connectivity index (χ4n) is 2.68. The highest BCUT2D eigenvalue weighted by Gasteiger charge is 2.33. The van der Waals surface area contributed by atoms with Crippen LogP contribution in [0, 0.1) is 0 Å². The molecule has 1 aliphatic rings. The average molecular weight is 342 g/mol. The summed E-state index contributed by atoms with van der Waals surface area (Å²) in [5.74, 6) is 0.302. The Balaban J connectivity index is 1.53. The van der Waals surface area contributed by atoms with Gasteiger partial charge in [0.15, 0.2) is 6.61 Å². The first-order chi connectivity index (χ1) is 12.1. The van der Waals surface area contributed by atoms with Crippen LogP contribution in [0.2, 0.25) is 0 Å². The zero-order valence-corrected chi connectivity index (χ0v) is 13.5. The van der Waals surface area contributed by atoms with E-state index >= 15 is 0 Å². The van der Waals surface area contributed by atoms with E-state index in [1.807, 2.05) is 6.07 Å². The largest absolute Gasteiger partial charge is 0.484 e. The third-order valence-corrected chi connectivity index (χ3v) is 3.90. The van der Waals surface area contributed by atoms with Crippen molar-refractivity contribution in [1.82, 2.24) is 9.88 Å². The van der Waals surface area contributed by atoms with E-state index in [-0.39, 0.29) is 12.5 Å². The molecular formula is C18H18N2O5. The van der Waals surface area contributed by atoms with E-state index in [9.17, 15) is 9.59 Å². The van der Waals surface area contributed by atoms with Crippen LogP contribution in [-0.4, -0.2) is 46.1 Å². The number of ether oxygens (including phenoxy) is 2. The van der Waals surface area contributed by atoms with Crippen LogP contribution in [0.5, 0.6) is 17.4 Å². The number of amides is 1. The molecule has 0 radical (unpaired) electrons. The van der Waals surface area contributed by atoms with Crippen LogP contribution in [0.3, 0.4) is 0 Å². The molecule has 1 unspecified atom stereocenters. The Morgan fingerprint density at radius 2 is 1.92 bits per heavy atom. The van der Waals surface area contributed by atoms with Crippen LogP contribution in [0.15, 0.2) is 48.7 Å². The molecule has 0 saturated carbocycles. The van der Waals surface area contributed by atoms with Crippen molar-refractivity contribution in [2.45, 2.75) is 18.9 Å². The zero-order valence-electron chi connectivity index (χ0n) is 13.5. The Morgan fingerprint density at radius 1 is 1.16 bits per heavy atom. The fraction of sp³-hybridized carbons (Fsp3) is 0.278. The van der Waals surface area contributed by atoms with Gasteiger partial charge in [-0.3, -0.25) is 4.79 Å². The van der Waals surface area contributed by atoms with Gasteiger partial charge in [-0.1, -0.05) is 6.07 Å². The number of aliphatic carboxylic acids is 1. The number of hydrogen-bond donors (Lipinski definition) is 1. The predicted molar refractivity (Wildman–Crippen MR) is 88.6 cm³/mol. The maximum Gasteiger partial charge on any atom is 0.326 e. The van der Waals surface area contributed by atoms with E-state index in [0.717, 1.165) is 0 Å². The van der Waals surface area contributed by atoms with Gasteiger partial charge in [0.2, 0.25) is 5.88 Å². The second kappa shape index (κ2) is 7.65. The Bertz CT molecular complexity index is 733. The third kappa shape index (κ3) is 4.26. The van der Waals surface area contributed by atoms with Gasteiger partial charge in [0.25, 0.3) is 5.91 Å². The van der Waals surface area contributed by atoms with E-state index in [1.165, 1.54) is 4.90 Å². The molecule has 7 nitrogen and oxygen atoms in total. The van der Waals surface area contributed by atoms with E-state index in [4.69, 9.17) is 14.6 Å². The lowest BCUT2D eigenvalue weighted by molar-refractivity contribution is -0.148. The van der Waals surface area contributed by atoms with Crippen LogP contribution >= 0.6 is 0 Å². The zero-order chi connectivity index (χ0) is 17.6. The Hall–Kier alpha value is -3.09. The van der Waals surface area contributed by atoms with Gasteiger partial charge in [0.1, 0.15) is 17.5 Å². The first kappa shape index (κ1) is 16.8. The number of carboxylic acid groups (broad SMARTS) is 1. The molecule has 3 rings (SSSR count). The lowest BCUT2D eigenvalue weighted by Crippen LogP contribution is -2.42. The van der Waals surface area contributed by atoms with Crippen molar-refractivity contribution in [3.63, 3.8) is 0 Å². The molecule has 25 heavy (non-hydrogen) atoms. The maximum absolute atomic E-state index is 12.1. The van der Waals surface area contributed by atoms with Crippen LogP contribution in [0.25, 0.3) is 0 Å². The summed E-state index contributed by atoms with van der Waals surface area (Å²) in [6.07, 6.45) is 2.82. The number of aromatic nitrogens is 1. The fourth-order valence-corrected chi connectivity index (χ4v) is 2.68. The molecule has 0 bridgehead atoms. The van der Waals surface area contributed by atoms with Gasteiger partial charge >= 0.3 is 5.97 Å². The van der Waals surface area contributed by atoms with Gasteiger partial charge in [-0.05, 0) is 43.2 Å². The molecule has 7 heteroatoms. The Morgan fingerprint density at radius 3 is 2.60 bits per heavy atom. The monoisotopic (exact) mass is 342 g/mol. The summed E-state index contributed by atoms with van der Waals surface area (Å²) in [5, 5.41) is 9.12. The minimum Gasteiger partial charge on any atom is -0.484 e. The average Bonchev–Trinajstić information content (AvgIpc) is 3.12. The highest BCUT2D eigenvalue weighted by atomic mass is 16.5. The molecule has 1 fully saturated rings. The van der Waals surface area contributed by atoms with E-state index in [2.05, 4.69) is 4.98 Å². The standard InChI is InChI=1S/C18H18N2O5/c21-17(20-11-3-4-15(20)18(22)23)12-24-13-6-8-14(9-7-13)25-16-5-1-2-10-19-16/h1-2,5-10,15H,3-4,11-12H2,(H,22,23). The number of hydrogen-bond acceptors (Lipinski definition) is 5. The SMILES string of the molecule is O=C(O)C1CCCN1C(=O)COc1ccc(Oc2ccccn2)cc1. The van der Waals surface area contributed by atoms with Crippen LogP contribution in [0.1, 0.15) is 12.8 Å². The summed E-state index contributed by atoms with van der Waals surface area (Å²) in [5.41, 5.74) is 0. The number of rotatable bonds is 6. The molecule has 1 N–H and O–H groups in total. The first-order valence-electron chi connectivity index (χ1n) is 7.97. The van der Waals surface area contributed by atoms with Crippen molar-refractivity contribution >= 4 is 11.9 Å². The summed E-state index contributed by atoms with van der Waals surface area (Å²) < 4.78 is 11.0. The molecule has 2 heterocycles. The first-order valence-corrected chi connectivity index (χ1v) is 7.97. The molecule has 0 spiro atoms. The number of carbonyl (C=O) groups excluding carboxylic acids is 1. The van der Waals surface area contributed by atoms with Crippen LogP contribution in [-0.2, 0) is 9.59 Å². The van der Waals surface area contributed by atoms with Crippen molar-refractivity contribution in [3.8, 4) is 17.4 Å². The van der Waals surface area contributed by atoms with Crippen molar-refractivity contribution < 1.29 is 24.2 Å². The third-order valence-electron chi connectivity index (χ3n) is 3.90. The Kier molecular flexibility index (Phi) is 5.13. The highest BCUT2D eigenvalue weighted by molar-refractivity contribution is 5.85. The number of benzene rings is 1. The van der Waals surface area contributed by atoms with E-state index < -0.39 is 12.0 Å². The van der Waals surface area contributed by atoms with E-state index in [0.29, 0.717) is 36.8 Å². The van der Waals surface area contributed by atoms with Gasteiger partial charge in [0.05, 0.1) is 0 Å². The molecule has 130 valence electrons. The van der Waals surface area contributed by atoms with Gasteiger partial charge < -0.3 is 19.5 Å². The number of nitrogens with zero attached hydrogens (tertiary/aromatic N) is 2. The lowest BCUT2D eigenvalue weighted by atomic mass is 10.2. The number of likely N-dealkylation sites (tertiary alicyclic amines) is 1. The van der Waals surface area contributed by atoms with Gasteiger partial charge in [-0.2, -0.15) is 0 Å². The second-order valence-corrected chi connectivity index (χ2v) is 5.61. The minimum atomic E-state index is -0.970. The topological polar surface area (TPSA) is 89.0 Å². The van der Waals surface area contributed by atoms with Gasteiger partial charge in [-0.25, -0.2) is 9.78 Å².